The molecule has 1 fully saturated rings. The van der Waals surface area contributed by atoms with Gasteiger partial charge in [-0.25, -0.2) is 0 Å². The van der Waals surface area contributed by atoms with Crippen LogP contribution < -0.4 is 0 Å². The highest BCUT2D eigenvalue weighted by molar-refractivity contribution is 5.76. The molecule has 0 spiro atoms. The second kappa shape index (κ2) is 6.73. The summed E-state index contributed by atoms with van der Waals surface area (Å²) in [5, 5.41) is 4.51. The average Bonchev–Trinajstić information content (AvgIpc) is 2.72. The Balaban J connectivity index is 1.96. The van der Waals surface area contributed by atoms with E-state index >= 15 is 0 Å². The predicted molar refractivity (Wildman–Crippen MR) is 80.7 cm³/mol. The van der Waals surface area contributed by atoms with Crippen LogP contribution in [-0.2, 0) is 17.8 Å². The highest BCUT2D eigenvalue weighted by Crippen LogP contribution is 2.17. The Hall–Kier alpha value is -1.58. The molecule has 0 N–H and O–H groups in total. The fourth-order valence-electron chi connectivity index (χ4n) is 2.93. The van der Waals surface area contributed by atoms with Crippen molar-refractivity contribution in [2.24, 2.45) is 0 Å². The molecule has 1 aromatic heterocycles. The average molecular weight is 275 g/mol. The second-order valence-corrected chi connectivity index (χ2v) is 5.56. The van der Waals surface area contributed by atoms with E-state index in [0.29, 0.717) is 12.3 Å². The molecule has 1 aliphatic rings. The fourth-order valence-corrected chi connectivity index (χ4v) is 2.93. The zero-order valence-electron chi connectivity index (χ0n) is 12.7. The lowest BCUT2D eigenvalue weighted by Crippen LogP contribution is -2.35. The highest BCUT2D eigenvalue weighted by atomic mass is 16.2. The topological polar surface area (TPSA) is 38.1 Å². The number of rotatable bonds is 5. The first-order valence-electron chi connectivity index (χ1n) is 7.55. The molecule has 110 valence electrons. The first-order chi connectivity index (χ1) is 9.63. The molecule has 1 saturated heterocycles. The third-order valence-electron chi connectivity index (χ3n) is 4.13. The minimum Gasteiger partial charge on any atom is -0.343 e. The van der Waals surface area contributed by atoms with Gasteiger partial charge in [-0.1, -0.05) is 6.08 Å². The van der Waals surface area contributed by atoms with Gasteiger partial charge in [0.05, 0.1) is 12.2 Å². The van der Waals surface area contributed by atoms with Crippen molar-refractivity contribution < 1.29 is 4.79 Å². The summed E-state index contributed by atoms with van der Waals surface area (Å²) in [7, 11) is 0. The van der Waals surface area contributed by atoms with Gasteiger partial charge in [0, 0.05) is 25.2 Å². The van der Waals surface area contributed by atoms with E-state index in [0.717, 1.165) is 50.3 Å². The van der Waals surface area contributed by atoms with Crippen molar-refractivity contribution in [3.05, 3.63) is 29.6 Å². The van der Waals surface area contributed by atoms with Crippen LogP contribution in [0.25, 0.3) is 0 Å². The smallest absolute Gasteiger partial charge is 0.222 e. The Morgan fingerprint density at radius 2 is 2.00 bits per heavy atom. The van der Waals surface area contributed by atoms with Gasteiger partial charge < -0.3 is 4.90 Å². The van der Waals surface area contributed by atoms with Gasteiger partial charge in [0.25, 0.3) is 0 Å². The number of nitrogens with zero attached hydrogens (tertiary/aromatic N) is 3. The molecular formula is C16H25N3O. The number of allylic oxidation sites excluding steroid dienone is 1. The number of aryl methyl sites for hydroxylation is 1. The van der Waals surface area contributed by atoms with Crippen molar-refractivity contribution in [3.63, 3.8) is 0 Å². The van der Waals surface area contributed by atoms with Gasteiger partial charge in [0.15, 0.2) is 0 Å². The summed E-state index contributed by atoms with van der Waals surface area (Å²) in [6.45, 7) is 10.4. The number of carbonyl (C=O) groups excluding carboxylic acids is 1. The quantitative estimate of drug-likeness (QED) is 0.775. The number of likely N-dealkylation sites (tertiary alicyclic amines) is 1. The molecule has 0 saturated carbocycles. The van der Waals surface area contributed by atoms with Crippen LogP contribution in [0.2, 0.25) is 0 Å². The lowest BCUT2D eigenvalue weighted by molar-refractivity contribution is -0.132. The van der Waals surface area contributed by atoms with Crippen molar-refractivity contribution in [1.82, 2.24) is 14.7 Å². The molecule has 0 unspecified atom stereocenters. The molecule has 1 amide bonds. The molecule has 1 aromatic rings. The molecule has 4 heteroatoms. The number of hydrogen-bond acceptors (Lipinski definition) is 2. The third kappa shape index (κ3) is 3.30. The molecule has 0 radical (unpaired) electrons. The first-order valence-corrected chi connectivity index (χ1v) is 7.55. The number of aromatic nitrogens is 2. The summed E-state index contributed by atoms with van der Waals surface area (Å²) in [5.74, 6) is 0.292. The van der Waals surface area contributed by atoms with E-state index in [2.05, 4.69) is 18.6 Å². The van der Waals surface area contributed by atoms with Crippen molar-refractivity contribution in [2.45, 2.75) is 52.5 Å². The van der Waals surface area contributed by atoms with E-state index in [9.17, 15) is 4.79 Å². The second-order valence-electron chi connectivity index (χ2n) is 5.56. The van der Waals surface area contributed by atoms with E-state index < -0.39 is 0 Å². The molecule has 0 aliphatic carbocycles. The van der Waals surface area contributed by atoms with Gasteiger partial charge in [-0.2, -0.15) is 5.10 Å². The highest BCUT2D eigenvalue weighted by Gasteiger charge is 2.18. The van der Waals surface area contributed by atoms with Gasteiger partial charge in [-0.3, -0.25) is 9.48 Å². The Morgan fingerprint density at radius 1 is 1.30 bits per heavy atom. The normalized spacial score (nSPS) is 15.4. The molecule has 20 heavy (non-hydrogen) atoms. The maximum absolute atomic E-state index is 12.2. The Bertz CT molecular complexity index is 484. The van der Waals surface area contributed by atoms with Crippen LogP contribution >= 0.6 is 0 Å². The lowest BCUT2D eigenvalue weighted by Gasteiger charge is -2.26. The molecule has 0 atom stereocenters. The van der Waals surface area contributed by atoms with Crippen LogP contribution in [0.3, 0.4) is 0 Å². The van der Waals surface area contributed by atoms with Crippen LogP contribution in [0.4, 0.5) is 0 Å². The van der Waals surface area contributed by atoms with Crippen molar-refractivity contribution in [2.75, 3.05) is 13.1 Å². The zero-order chi connectivity index (χ0) is 14.5. The number of amides is 1. The first kappa shape index (κ1) is 14.8. The van der Waals surface area contributed by atoms with E-state index in [1.54, 1.807) is 0 Å². The van der Waals surface area contributed by atoms with Crippen LogP contribution in [0.1, 0.15) is 42.6 Å². The SMILES string of the molecule is C=CCn1nc(C)c(CCC(=O)N2CCCCC2)c1C. The van der Waals surface area contributed by atoms with E-state index in [-0.39, 0.29) is 0 Å². The van der Waals surface area contributed by atoms with Gasteiger partial charge in [0.1, 0.15) is 0 Å². The molecule has 0 aromatic carbocycles. The van der Waals surface area contributed by atoms with Crippen LogP contribution in [-0.4, -0.2) is 33.7 Å². The third-order valence-corrected chi connectivity index (χ3v) is 4.13. The lowest BCUT2D eigenvalue weighted by atomic mass is 10.1. The summed E-state index contributed by atoms with van der Waals surface area (Å²) < 4.78 is 1.96. The van der Waals surface area contributed by atoms with Gasteiger partial charge in [0.2, 0.25) is 5.91 Å². The standard InChI is InChI=1S/C16H25N3O/c1-4-10-19-14(3)15(13(2)17-19)8-9-16(20)18-11-6-5-7-12-18/h4H,1,5-12H2,2-3H3. The Labute approximate surface area is 121 Å². The van der Waals surface area contributed by atoms with E-state index in [4.69, 9.17) is 0 Å². The summed E-state index contributed by atoms with van der Waals surface area (Å²) in [5.41, 5.74) is 3.42. The summed E-state index contributed by atoms with van der Waals surface area (Å²) in [6, 6.07) is 0. The maximum atomic E-state index is 12.2. The fraction of sp³-hybridized carbons (Fsp3) is 0.625. The zero-order valence-corrected chi connectivity index (χ0v) is 12.7. The molecular weight excluding hydrogens is 250 g/mol. The Morgan fingerprint density at radius 3 is 2.65 bits per heavy atom. The minimum atomic E-state index is 0.292. The van der Waals surface area contributed by atoms with Crippen LogP contribution in [0, 0.1) is 13.8 Å². The predicted octanol–water partition coefficient (Wildman–Crippen LogP) is 2.63. The minimum absolute atomic E-state index is 0.292. The van der Waals surface area contributed by atoms with E-state index in [1.807, 2.05) is 22.6 Å². The molecule has 4 nitrogen and oxygen atoms in total. The largest absolute Gasteiger partial charge is 0.343 e. The van der Waals surface area contributed by atoms with E-state index in [1.165, 1.54) is 12.0 Å². The van der Waals surface area contributed by atoms with Gasteiger partial charge in [-0.15, -0.1) is 6.58 Å². The van der Waals surface area contributed by atoms with Crippen LogP contribution in [0.5, 0.6) is 0 Å². The molecule has 2 rings (SSSR count). The van der Waals surface area contributed by atoms with Gasteiger partial charge >= 0.3 is 0 Å². The summed E-state index contributed by atoms with van der Waals surface area (Å²) in [4.78, 5) is 14.2. The summed E-state index contributed by atoms with van der Waals surface area (Å²) in [6.07, 6.45) is 6.81. The molecule has 1 aliphatic heterocycles. The molecule has 0 bridgehead atoms. The maximum Gasteiger partial charge on any atom is 0.222 e. The molecule has 2 heterocycles. The van der Waals surface area contributed by atoms with Crippen molar-refractivity contribution in [1.29, 1.82) is 0 Å². The number of carbonyl (C=O) groups is 1. The van der Waals surface area contributed by atoms with Crippen molar-refractivity contribution >= 4 is 5.91 Å². The number of hydrogen-bond donors (Lipinski definition) is 0. The Kier molecular flexibility index (Phi) is 4.99. The monoisotopic (exact) mass is 275 g/mol. The van der Waals surface area contributed by atoms with Crippen LogP contribution in [0.15, 0.2) is 12.7 Å². The van der Waals surface area contributed by atoms with Gasteiger partial charge in [-0.05, 0) is 45.1 Å². The number of piperidine rings is 1. The van der Waals surface area contributed by atoms with Crippen molar-refractivity contribution in [3.8, 4) is 0 Å². The summed E-state index contributed by atoms with van der Waals surface area (Å²) >= 11 is 0.